The summed E-state index contributed by atoms with van der Waals surface area (Å²) in [4.78, 5) is 40.4. The summed E-state index contributed by atoms with van der Waals surface area (Å²) in [5.74, 6) is -0.259. The van der Waals surface area contributed by atoms with Crippen LogP contribution in [-0.4, -0.2) is 21.4 Å². The van der Waals surface area contributed by atoms with E-state index in [0.29, 0.717) is 23.1 Å². The van der Waals surface area contributed by atoms with Gasteiger partial charge in [-0.15, -0.1) is 0 Å². The lowest BCUT2D eigenvalue weighted by Gasteiger charge is -2.24. The van der Waals surface area contributed by atoms with Crippen molar-refractivity contribution in [2.24, 2.45) is 0 Å². The second-order valence-electron chi connectivity index (χ2n) is 5.27. The summed E-state index contributed by atoms with van der Waals surface area (Å²) >= 11 is 0. The molecule has 0 radical (unpaired) electrons. The molecule has 0 spiro atoms. The van der Waals surface area contributed by atoms with Gasteiger partial charge >= 0.3 is 0 Å². The quantitative estimate of drug-likeness (QED) is 0.792. The molecule has 2 aromatic rings. The molecule has 0 unspecified atom stereocenters. The molecule has 3 rings (SSSR count). The number of imide groups is 1. The molecule has 0 saturated carbocycles. The van der Waals surface area contributed by atoms with Crippen LogP contribution in [0.25, 0.3) is 10.9 Å². The summed E-state index contributed by atoms with van der Waals surface area (Å²) in [5.41, 5.74) is 1.22. The van der Waals surface area contributed by atoms with E-state index in [1.54, 1.807) is 13.0 Å². The maximum atomic E-state index is 12.8. The molecule has 1 aromatic heterocycles. The van der Waals surface area contributed by atoms with Gasteiger partial charge in [0.1, 0.15) is 11.9 Å². The number of carbonyl (C=O) groups is 2. The Morgan fingerprint density at radius 3 is 2.71 bits per heavy atom. The number of amides is 2. The molecule has 2 heterocycles. The van der Waals surface area contributed by atoms with Crippen molar-refractivity contribution in [3.8, 4) is 0 Å². The van der Waals surface area contributed by atoms with Crippen molar-refractivity contribution < 1.29 is 9.59 Å². The van der Waals surface area contributed by atoms with Gasteiger partial charge in [0.2, 0.25) is 11.8 Å². The number of nitrogens with zero attached hydrogens (tertiary/aromatic N) is 2. The molecule has 21 heavy (non-hydrogen) atoms. The van der Waals surface area contributed by atoms with Gasteiger partial charge in [0.15, 0.2) is 0 Å². The Bertz CT molecular complexity index is 823. The number of piperidine rings is 1. The topological polar surface area (TPSA) is 81.1 Å². The number of aryl methyl sites for hydroxylation is 2. The molecule has 1 saturated heterocycles. The van der Waals surface area contributed by atoms with Gasteiger partial charge in [0, 0.05) is 6.42 Å². The Hall–Kier alpha value is -2.50. The first-order valence-corrected chi connectivity index (χ1v) is 6.81. The van der Waals surface area contributed by atoms with Crippen LogP contribution in [0.15, 0.2) is 23.0 Å². The second-order valence-corrected chi connectivity index (χ2v) is 5.27. The van der Waals surface area contributed by atoms with Crippen LogP contribution in [0, 0.1) is 13.8 Å². The summed E-state index contributed by atoms with van der Waals surface area (Å²) in [5, 5.41) is 2.80. The highest BCUT2D eigenvalue weighted by atomic mass is 16.2. The van der Waals surface area contributed by atoms with Crippen LogP contribution in [0.1, 0.15) is 30.3 Å². The maximum Gasteiger partial charge on any atom is 0.262 e. The Morgan fingerprint density at radius 2 is 2.00 bits per heavy atom. The highest BCUT2D eigenvalue weighted by Crippen LogP contribution is 2.20. The smallest absolute Gasteiger partial charge is 0.262 e. The SMILES string of the molecule is Cc1cccc2nc(C)n([C@@H]3CCC(=O)NC3=O)c(=O)c12. The van der Waals surface area contributed by atoms with E-state index in [9.17, 15) is 14.4 Å². The minimum Gasteiger partial charge on any atom is -0.295 e. The fourth-order valence-electron chi connectivity index (χ4n) is 2.81. The zero-order chi connectivity index (χ0) is 15.1. The number of hydrogen-bond acceptors (Lipinski definition) is 4. The molecule has 1 atom stereocenters. The predicted molar refractivity (Wildman–Crippen MR) is 76.9 cm³/mol. The van der Waals surface area contributed by atoms with Crippen molar-refractivity contribution >= 4 is 22.7 Å². The Kier molecular flexibility index (Phi) is 3.08. The van der Waals surface area contributed by atoms with Crippen molar-refractivity contribution in [1.29, 1.82) is 0 Å². The molecule has 6 heteroatoms. The highest BCUT2D eigenvalue weighted by molar-refractivity contribution is 5.99. The molecule has 1 aliphatic heterocycles. The molecule has 1 aliphatic rings. The molecule has 1 N–H and O–H groups in total. The van der Waals surface area contributed by atoms with Crippen molar-refractivity contribution in [1.82, 2.24) is 14.9 Å². The van der Waals surface area contributed by atoms with E-state index in [0.717, 1.165) is 5.56 Å². The fourth-order valence-corrected chi connectivity index (χ4v) is 2.81. The first-order valence-electron chi connectivity index (χ1n) is 6.81. The molecule has 1 fully saturated rings. The first kappa shape index (κ1) is 13.5. The number of hydrogen-bond donors (Lipinski definition) is 1. The highest BCUT2D eigenvalue weighted by Gasteiger charge is 2.30. The third kappa shape index (κ3) is 2.12. The van der Waals surface area contributed by atoms with Crippen LogP contribution in [0.5, 0.6) is 0 Å². The number of fused-ring (bicyclic) bond motifs is 1. The average Bonchev–Trinajstić information content (AvgIpc) is 2.40. The van der Waals surface area contributed by atoms with Crippen molar-refractivity contribution in [2.45, 2.75) is 32.7 Å². The number of carbonyl (C=O) groups excluding carboxylic acids is 2. The second kappa shape index (κ2) is 4.80. The zero-order valence-electron chi connectivity index (χ0n) is 11.8. The van der Waals surface area contributed by atoms with E-state index in [1.807, 2.05) is 19.1 Å². The minimum atomic E-state index is -0.674. The third-order valence-corrected chi connectivity index (χ3v) is 3.84. The van der Waals surface area contributed by atoms with Crippen LogP contribution >= 0.6 is 0 Å². The van der Waals surface area contributed by atoms with Crippen LogP contribution in [0.4, 0.5) is 0 Å². The van der Waals surface area contributed by atoms with Gasteiger partial charge in [-0.1, -0.05) is 12.1 Å². The van der Waals surface area contributed by atoms with E-state index in [1.165, 1.54) is 4.57 Å². The molecule has 6 nitrogen and oxygen atoms in total. The lowest BCUT2D eigenvalue weighted by atomic mass is 10.0. The van der Waals surface area contributed by atoms with Crippen molar-refractivity contribution in [3.63, 3.8) is 0 Å². The molecular weight excluding hydrogens is 270 g/mol. The van der Waals surface area contributed by atoms with Gasteiger partial charge in [0.25, 0.3) is 5.56 Å². The third-order valence-electron chi connectivity index (χ3n) is 3.84. The van der Waals surface area contributed by atoms with Gasteiger partial charge in [-0.25, -0.2) is 4.98 Å². The number of nitrogens with one attached hydrogen (secondary N) is 1. The Balaban J connectivity index is 2.24. The Morgan fingerprint density at radius 1 is 1.24 bits per heavy atom. The van der Waals surface area contributed by atoms with Gasteiger partial charge in [0.05, 0.1) is 10.9 Å². The van der Waals surface area contributed by atoms with Crippen molar-refractivity contribution in [2.75, 3.05) is 0 Å². The summed E-state index contributed by atoms with van der Waals surface area (Å²) in [6.07, 6.45) is 0.554. The number of rotatable bonds is 1. The summed E-state index contributed by atoms with van der Waals surface area (Å²) in [7, 11) is 0. The minimum absolute atomic E-state index is 0.230. The number of aromatic nitrogens is 2. The number of benzene rings is 1. The molecule has 108 valence electrons. The predicted octanol–water partition coefficient (Wildman–Crippen LogP) is 0.991. The van der Waals surface area contributed by atoms with E-state index >= 15 is 0 Å². The van der Waals surface area contributed by atoms with E-state index in [-0.39, 0.29) is 17.9 Å². The van der Waals surface area contributed by atoms with Crippen LogP contribution in [0.3, 0.4) is 0 Å². The maximum absolute atomic E-state index is 12.8. The van der Waals surface area contributed by atoms with Crippen LogP contribution in [0.2, 0.25) is 0 Å². The van der Waals surface area contributed by atoms with Crippen LogP contribution < -0.4 is 10.9 Å². The molecule has 1 aromatic carbocycles. The molecular formula is C15H15N3O3. The summed E-state index contributed by atoms with van der Waals surface area (Å²) in [6.45, 7) is 3.54. The van der Waals surface area contributed by atoms with E-state index < -0.39 is 11.9 Å². The van der Waals surface area contributed by atoms with Crippen molar-refractivity contribution in [3.05, 3.63) is 39.9 Å². The monoisotopic (exact) mass is 285 g/mol. The standard InChI is InChI=1S/C15H15N3O3/c1-8-4-3-5-10-13(8)15(21)18(9(2)16-10)11-6-7-12(19)17-14(11)20/h3-5,11H,6-7H2,1-2H3,(H,17,19,20)/t11-/m1/s1. The largest absolute Gasteiger partial charge is 0.295 e. The van der Waals surface area contributed by atoms with Gasteiger partial charge in [-0.2, -0.15) is 0 Å². The van der Waals surface area contributed by atoms with Gasteiger partial charge in [-0.05, 0) is 31.9 Å². The zero-order valence-corrected chi connectivity index (χ0v) is 11.8. The summed E-state index contributed by atoms with van der Waals surface area (Å²) in [6, 6.07) is 4.80. The van der Waals surface area contributed by atoms with E-state index in [4.69, 9.17) is 0 Å². The molecule has 0 aliphatic carbocycles. The lowest BCUT2D eigenvalue weighted by molar-refractivity contribution is -0.135. The lowest BCUT2D eigenvalue weighted by Crippen LogP contribution is -2.45. The molecule has 2 amide bonds. The normalized spacial score (nSPS) is 18.9. The van der Waals surface area contributed by atoms with E-state index in [2.05, 4.69) is 10.3 Å². The Labute approximate surface area is 120 Å². The van der Waals surface area contributed by atoms with Crippen LogP contribution in [-0.2, 0) is 9.59 Å². The average molecular weight is 285 g/mol. The van der Waals surface area contributed by atoms with Gasteiger partial charge in [-0.3, -0.25) is 24.3 Å². The fraction of sp³-hybridized carbons (Fsp3) is 0.333. The first-order chi connectivity index (χ1) is 9.99. The summed E-state index contributed by atoms with van der Waals surface area (Å²) < 4.78 is 1.40. The van der Waals surface area contributed by atoms with Gasteiger partial charge < -0.3 is 0 Å². The molecule has 0 bridgehead atoms.